The summed E-state index contributed by atoms with van der Waals surface area (Å²) < 4.78 is 64.3. The highest BCUT2D eigenvalue weighted by atomic mass is 32.2. The number of nitrogens with zero attached hydrogens (tertiary/aromatic N) is 1. The summed E-state index contributed by atoms with van der Waals surface area (Å²) in [6.45, 7) is 6.28. The van der Waals surface area contributed by atoms with Crippen LogP contribution >= 0.6 is 0 Å². The van der Waals surface area contributed by atoms with E-state index in [2.05, 4.69) is 4.18 Å². The van der Waals surface area contributed by atoms with Crippen LogP contribution in [0.25, 0.3) is 0 Å². The van der Waals surface area contributed by atoms with Gasteiger partial charge in [0, 0.05) is 6.54 Å². The first-order valence-corrected chi connectivity index (χ1v) is 7.44. The molecule has 0 bridgehead atoms. The molecule has 0 unspecified atom stereocenters. The lowest BCUT2D eigenvalue weighted by Gasteiger charge is -2.24. The SMILES string of the molecule is CCN(CC)CC[C@H](OS(=O)(=O)CC)C(F)(F)F. The monoisotopic (exact) mass is 291 g/mol. The van der Waals surface area contributed by atoms with E-state index in [-0.39, 0.29) is 13.0 Å². The van der Waals surface area contributed by atoms with Crippen molar-refractivity contribution >= 4 is 10.1 Å². The van der Waals surface area contributed by atoms with E-state index in [0.717, 1.165) is 0 Å². The van der Waals surface area contributed by atoms with Crippen LogP contribution in [-0.2, 0) is 14.3 Å². The lowest BCUT2D eigenvalue weighted by molar-refractivity contribution is -0.196. The van der Waals surface area contributed by atoms with Crippen molar-refractivity contribution in [3.63, 3.8) is 0 Å². The summed E-state index contributed by atoms with van der Waals surface area (Å²) in [4.78, 5) is 1.78. The Morgan fingerprint density at radius 3 is 2.00 bits per heavy atom. The van der Waals surface area contributed by atoms with Gasteiger partial charge in [0.1, 0.15) is 0 Å². The van der Waals surface area contributed by atoms with E-state index in [4.69, 9.17) is 0 Å². The quantitative estimate of drug-likeness (QED) is 0.642. The summed E-state index contributed by atoms with van der Waals surface area (Å²) >= 11 is 0. The standard InChI is InChI=1S/C10H20F3NO3S/c1-4-14(5-2)8-7-9(10(11,12)13)17-18(15,16)6-3/h9H,4-8H2,1-3H3/t9-/m0/s1. The van der Waals surface area contributed by atoms with E-state index in [1.807, 2.05) is 13.8 Å². The fraction of sp³-hybridized carbons (Fsp3) is 1.00. The second-order valence-electron chi connectivity index (χ2n) is 3.79. The van der Waals surface area contributed by atoms with Crippen molar-refractivity contribution in [2.24, 2.45) is 0 Å². The average Bonchev–Trinajstić information content (AvgIpc) is 2.27. The molecule has 0 aromatic heterocycles. The Hall–Kier alpha value is -0.340. The summed E-state index contributed by atoms with van der Waals surface area (Å²) in [5.74, 6) is -0.467. The van der Waals surface area contributed by atoms with Crippen molar-refractivity contribution in [3.05, 3.63) is 0 Å². The summed E-state index contributed by atoms with van der Waals surface area (Å²) in [5.41, 5.74) is 0. The Morgan fingerprint density at radius 1 is 1.17 bits per heavy atom. The molecule has 18 heavy (non-hydrogen) atoms. The van der Waals surface area contributed by atoms with E-state index in [1.165, 1.54) is 6.92 Å². The van der Waals surface area contributed by atoms with Crippen LogP contribution in [0.15, 0.2) is 0 Å². The molecule has 0 spiro atoms. The molecule has 0 saturated heterocycles. The molecule has 0 aliphatic heterocycles. The molecule has 0 saturated carbocycles. The Morgan fingerprint density at radius 2 is 1.67 bits per heavy atom. The van der Waals surface area contributed by atoms with Gasteiger partial charge >= 0.3 is 6.18 Å². The first kappa shape index (κ1) is 17.7. The maximum Gasteiger partial charge on any atom is 0.416 e. The minimum atomic E-state index is -4.67. The van der Waals surface area contributed by atoms with Crippen LogP contribution in [0.4, 0.5) is 13.2 Å². The van der Waals surface area contributed by atoms with Crippen molar-refractivity contribution in [1.82, 2.24) is 4.90 Å². The predicted octanol–water partition coefficient (Wildman–Crippen LogP) is 2.02. The van der Waals surface area contributed by atoms with Gasteiger partial charge in [-0.3, -0.25) is 4.18 Å². The molecule has 0 aromatic carbocycles. The molecular weight excluding hydrogens is 271 g/mol. The normalized spacial score (nSPS) is 15.1. The van der Waals surface area contributed by atoms with Crippen LogP contribution in [0, 0.1) is 0 Å². The molecule has 0 rings (SSSR count). The van der Waals surface area contributed by atoms with E-state index in [9.17, 15) is 21.6 Å². The average molecular weight is 291 g/mol. The molecule has 4 nitrogen and oxygen atoms in total. The lowest BCUT2D eigenvalue weighted by atomic mass is 10.2. The van der Waals surface area contributed by atoms with Gasteiger partial charge in [0.15, 0.2) is 6.10 Å². The van der Waals surface area contributed by atoms with Crippen LogP contribution in [0.2, 0.25) is 0 Å². The lowest BCUT2D eigenvalue weighted by Crippen LogP contribution is -2.38. The first-order valence-electron chi connectivity index (χ1n) is 5.86. The molecule has 110 valence electrons. The van der Waals surface area contributed by atoms with Crippen LogP contribution in [-0.4, -0.2) is 51.0 Å². The fourth-order valence-electron chi connectivity index (χ4n) is 1.35. The minimum absolute atomic E-state index is 0.149. The van der Waals surface area contributed by atoms with Gasteiger partial charge in [-0.15, -0.1) is 0 Å². The van der Waals surface area contributed by atoms with Crippen molar-refractivity contribution in [2.75, 3.05) is 25.4 Å². The van der Waals surface area contributed by atoms with Gasteiger partial charge in [-0.25, -0.2) is 0 Å². The molecule has 0 N–H and O–H groups in total. The predicted molar refractivity (Wildman–Crippen MR) is 62.8 cm³/mol. The van der Waals surface area contributed by atoms with Crippen LogP contribution in [0.5, 0.6) is 0 Å². The van der Waals surface area contributed by atoms with Crippen molar-refractivity contribution in [3.8, 4) is 0 Å². The Balaban J connectivity index is 4.62. The number of alkyl halides is 3. The number of hydrogen-bond acceptors (Lipinski definition) is 4. The summed E-state index contributed by atoms with van der Waals surface area (Å²) in [6.07, 6.45) is -7.32. The van der Waals surface area contributed by atoms with Gasteiger partial charge in [-0.1, -0.05) is 13.8 Å². The van der Waals surface area contributed by atoms with Gasteiger partial charge < -0.3 is 4.90 Å². The van der Waals surface area contributed by atoms with Gasteiger partial charge in [0.2, 0.25) is 0 Å². The van der Waals surface area contributed by atoms with E-state index >= 15 is 0 Å². The third kappa shape index (κ3) is 6.55. The molecule has 0 radical (unpaired) electrons. The Kier molecular flexibility index (Phi) is 7.16. The highest BCUT2D eigenvalue weighted by molar-refractivity contribution is 7.86. The summed E-state index contributed by atoms with van der Waals surface area (Å²) in [6, 6.07) is 0. The maximum atomic E-state index is 12.6. The molecule has 0 heterocycles. The Labute approximate surface area is 106 Å². The molecular formula is C10H20F3NO3S. The second-order valence-corrected chi connectivity index (χ2v) is 5.67. The summed E-state index contributed by atoms with van der Waals surface area (Å²) in [7, 11) is -4.10. The molecule has 0 amide bonds. The van der Waals surface area contributed by atoms with Crippen LogP contribution in [0.3, 0.4) is 0 Å². The smallest absolute Gasteiger partial charge is 0.304 e. The Bertz CT molecular complexity index is 326. The second kappa shape index (κ2) is 7.30. The van der Waals surface area contributed by atoms with Crippen LogP contribution in [0.1, 0.15) is 27.2 Å². The maximum absolute atomic E-state index is 12.6. The topological polar surface area (TPSA) is 46.6 Å². The zero-order valence-corrected chi connectivity index (χ0v) is 11.6. The zero-order valence-electron chi connectivity index (χ0n) is 10.8. The molecule has 0 aliphatic carbocycles. The van der Waals surface area contributed by atoms with E-state index in [0.29, 0.717) is 13.1 Å². The van der Waals surface area contributed by atoms with E-state index < -0.39 is 28.2 Å². The highest BCUT2D eigenvalue weighted by Crippen LogP contribution is 2.27. The third-order valence-corrected chi connectivity index (χ3v) is 3.82. The third-order valence-electron chi connectivity index (χ3n) is 2.58. The van der Waals surface area contributed by atoms with Gasteiger partial charge in [0.25, 0.3) is 10.1 Å². The molecule has 1 atom stereocenters. The molecule has 0 fully saturated rings. The number of rotatable bonds is 8. The van der Waals surface area contributed by atoms with Crippen LogP contribution < -0.4 is 0 Å². The minimum Gasteiger partial charge on any atom is -0.304 e. The van der Waals surface area contributed by atoms with Gasteiger partial charge in [-0.05, 0) is 26.4 Å². The molecule has 8 heteroatoms. The molecule has 0 aromatic rings. The summed E-state index contributed by atoms with van der Waals surface area (Å²) in [5, 5.41) is 0. The number of halogens is 3. The fourth-order valence-corrected chi connectivity index (χ4v) is 2.05. The highest BCUT2D eigenvalue weighted by Gasteiger charge is 2.43. The van der Waals surface area contributed by atoms with Gasteiger partial charge in [-0.2, -0.15) is 21.6 Å². The first-order chi connectivity index (χ1) is 8.16. The van der Waals surface area contributed by atoms with Crippen molar-refractivity contribution < 1.29 is 25.8 Å². The van der Waals surface area contributed by atoms with Gasteiger partial charge in [0.05, 0.1) is 5.75 Å². The van der Waals surface area contributed by atoms with E-state index in [1.54, 1.807) is 4.90 Å². The number of hydrogen-bond donors (Lipinski definition) is 0. The van der Waals surface area contributed by atoms with Crippen molar-refractivity contribution in [1.29, 1.82) is 0 Å². The zero-order chi connectivity index (χ0) is 14.4. The molecule has 0 aliphatic rings. The van der Waals surface area contributed by atoms with Crippen molar-refractivity contribution in [2.45, 2.75) is 39.5 Å². The largest absolute Gasteiger partial charge is 0.416 e.